The number of nitrogens with zero attached hydrogens (tertiary/aromatic N) is 7. The van der Waals surface area contributed by atoms with E-state index in [0.717, 1.165) is 22.8 Å². The average molecular weight is 1160 g/mol. The van der Waals surface area contributed by atoms with Crippen LogP contribution in [0.25, 0.3) is 0 Å². The van der Waals surface area contributed by atoms with Gasteiger partial charge in [0.2, 0.25) is 0 Å². The van der Waals surface area contributed by atoms with E-state index in [2.05, 4.69) is 53.4 Å². The minimum atomic E-state index is -0.644. The van der Waals surface area contributed by atoms with Crippen LogP contribution in [-0.2, 0) is 15.9 Å². The second-order valence-electron chi connectivity index (χ2n) is 14.1. The molecule has 0 radical (unpaired) electrons. The van der Waals surface area contributed by atoms with Crippen LogP contribution >= 0.6 is 50.7 Å². The Hall–Kier alpha value is -7.29. The summed E-state index contributed by atoms with van der Waals surface area (Å²) >= 11 is 20.5. The summed E-state index contributed by atoms with van der Waals surface area (Å²) in [6.07, 6.45) is 4.41. The zero-order chi connectivity index (χ0) is 55.8. The van der Waals surface area contributed by atoms with E-state index in [9.17, 15) is 30.3 Å². The van der Waals surface area contributed by atoms with E-state index in [1.54, 1.807) is 64.7 Å². The molecule has 74 heavy (non-hydrogen) atoms. The molecule has 28 heteroatoms. The molecule has 6 rings (SSSR count). The molecule has 0 aliphatic heterocycles. The number of nitrogen functional groups attached to an aromatic ring is 3. The number of phenolic OH excluding ortho intramolecular Hbond substituents is 1. The van der Waals surface area contributed by atoms with Crippen molar-refractivity contribution in [1.82, 2.24) is 19.9 Å². The monoisotopic (exact) mass is 1150 g/mol. The highest BCUT2D eigenvalue weighted by molar-refractivity contribution is 9.09. The first kappa shape index (κ1) is 64.7. The van der Waals surface area contributed by atoms with Crippen molar-refractivity contribution < 1.29 is 43.6 Å². The number of alkyl halides is 1. The quantitative estimate of drug-likeness (QED) is 0.00940. The van der Waals surface area contributed by atoms with Crippen LogP contribution in [0.3, 0.4) is 0 Å². The van der Waals surface area contributed by atoms with Crippen molar-refractivity contribution in [1.29, 1.82) is 0 Å². The van der Waals surface area contributed by atoms with Gasteiger partial charge in [-0.3, -0.25) is 30.3 Å². The number of nitro groups is 3. The third-order valence-electron chi connectivity index (χ3n) is 8.81. The van der Waals surface area contributed by atoms with Crippen molar-refractivity contribution in [3.63, 3.8) is 0 Å². The molecule has 4 aromatic carbocycles. The van der Waals surface area contributed by atoms with Gasteiger partial charge in [0.05, 0.1) is 69.7 Å². The Morgan fingerprint density at radius 3 is 1.61 bits per heavy atom. The normalized spacial score (nSPS) is 9.77. The summed E-state index contributed by atoms with van der Waals surface area (Å²) in [5.74, 6) is 2.64. The molecule has 0 unspecified atom stereocenters. The van der Waals surface area contributed by atoms with Gasteiger partial charge in [-0.25, -0.2) is 19.9 Å². The molecule has 0 aliphatic carbocycles. The van der Waals surface area contributed by atoms with Crippen molar-refractivity contribution in [3.8, 4) is 23.0 Å². The fourth-order valence-corrected chi connectivity index (χ4v) is 5.68. The van der Waals surface area contributed by atoms with E-state index in [1.165, 1.54) is 56.5 Å². The first-order valence-corrected chi connectivity index (χ1v) is 23.7. The van der Waals surface area contributed by atoms with Crippen LogP contribution in [0.4, 0.5) is 45.8 Å². The highest BCUT2D eigenvalue weighted by Crippen LogP contribution is 2.38. The summed E-state index contributed by atoms with van der Waals surface area (Å²) in [6, 6.07) is 17.9. The summed E-state index contributed by atoms with van der Waals surface area (Å²) < 4.78 is 25.3. The lowest BCUT2D eigenvalue weighted by Gasteiger charge is -2.09. The maximum atomic E-state index is 11.3. The second-order valence-corrected chi connectivity index (χ2v) is 16.1. The van der Waals surface area contributed by atoms with Gasteiger partial charge < -0.3 is 56.6 Å². The number of nitrogens with one attached hydrogen (secondary N) is 2. The smallest absolute Gasteiger partial charge is 0.295 e. The standard InChI is InChI=1S/C15H18N4O4.C9H12N2O4.C8H9Cl2NO.C6H6N2O3.C5H6ClN3.C3H7Br/c1-16-15-8-12(17-10-18-15)7-11-3-4-13(23-6-5-22-2)9-14(11)19(20)21;1-14-4-5-15-7-2-3-8(10)9(6-7)11(12)13;1-4-3-5(12-2)7(10)8(11)6(4)9;7-5-2-1-4(9)3-6(5)8(10)11;1-7-5-2-4(6)8-3-9-5;1-2-3-4/h3-4,8-10H,5-7H2,1-2H3,(H,16,17,18);2-3,6H,4-5,10H2,1H3;3H,11H2,1-2H3;1-3,9H,7H2;2-3H,1H3,(H,7,8,9);2-3H2,1H3. The molecule has 2 heterocycles. The third kappa shape index (κ3) is 24.0. The van der Waals surface area contributed by atoms with Crippen LogP contribution < -0.4 is 42.0 Å². The number of rotatable bonds is 17. The van der Waals surface area contributed by atoms with Crippen molar-refractivity contribution in [2.75, 3.05) is 95.0 Å². The Labute approximate surface area is 450 Å². The van der Waals surface area contributed by atoms with Gasteiger partial charge in [0, 0.05) is 57.8 Å². The Morgan fingerprint density at radius 2 is 1.15 bits per heavy atom. The predicted octanol–water partition coefficient (Wildman–Crippen LogP) is 9.98. The lowest BCUT2D eigenvalue weighted by Crippen LogP contribution is -2.05. The van der Waals surface area contributed by atoms with Crippen LogP contribution in [0.15, 0.2) is 85.5 Å². The molecule has 0 saturated carbocycles. The van der Waals surface area contributed by atoms with E-state index in [-0.39, 0.29) is 34.2 Å². The largest absolute Gasteiger partial charge is 0.508 e. The Morgan fingerprint density at radius 1 is 0.662 bits per heavy atom. The van der Waals surface area contributed by atoms with Crippen LogP contribution in [0.1, 0.15) is 30.2 Å². The number of aromatic nitrogens is 4. The number of hydrogen-bond donors (Lipinski definition) is 6. The molecule has 402 valence electrons. The molecular weight excluding hydrogens is 1100 g/mol. The first-order chi connectivity index (χ1) is 35.2. The van der Waals surface area contributed by atoms with Crippen LogP contribution in [-0.4, -0.2) is 107 Å². The number of hydrogen-bond acceptors (Lipinski definition) is 21. The second kappa shape index (κ2) is 35.8. The number of anilines is 5. The third-order valence-corrected chi connectivity index (χ3v) is 10.7. The Kier molecular flexibility index (Phi) is 31.3. The lowest BCUT2D eigenvalue weighted by atomic mass is 10.1. The van der Waals surface area contributed by atoms with Gasteiger partial charge in [-0.15, -0.1) is 0 Å². The molecule has 24 nitrogen and oxygen atoms in total. The number of halogens is 4. The van der Waals surface area contributed by atoms with Gasteiger partial charge in [0.15, 0.2) is 0 Å². The van der Waals surface area contributed by atoms with Gasteiger partial charge in [-0.2, -0.15) is 0 Å². The van der Waals surface area contributed by atoms with Crippen molar-refractivity contribution in [2.45, 2.75) is 26.7 Å². The molecule has 0 atom stereocenters. The SMILES string of the molecule is CCCBr.CNc1cc(Cc2ccc(OCCOC)cc2[N+](=O)[O-])ncn1.CNc1cc(Cl)ncn1.COCCOc1ccc(N)c([N+](=O)[O-])c1.COc1cc(C)c(Cl)c(N)c1Cl.Nc1ccc(O)cc1[N+](=O)[O-]. The van der Waals surface area contributed by atoms with Crippen LogP contribution in [0, 0.1) is 37.3 Å². The lowest BCUT2D eigenvalue weighted by molar-refractivity contribution is -0.385. The first-order valence-electron chi connectivity index (χ1n) is 21.5. The highest BCUT2D eigenvalue weighted by Gasteiger charge is 2.17. The van der Waals surface area contributed by atoms with Crippen molar-refractivity contribution >= 4 is 96.5 Å². The van der Waals surface area contributed by atoms with Crippen molar-refractivity contribution in [3.05, 3.63) is 148 Å². The van der Waals surface area contributed by atoms with Crippen molar-refractivity contribution in [2.24, 2.45) is 0 Å². The van der Waals surface area contributed by atoms with E-state index in [4.69, 9.17) is 80.8 Å². The number of methoxy groups -OCH3 is 3. The summed E-state index contributed by atoms with van der Waals surface area (Å²) in [6.45, 7) is 5.51. The fourth-order valence-electron chi connectivity index (χ4n) is 5.11. The van der Waals surface area contributed by atoms with Gasteiger partial charge in [0.25, 0.3) is 17.1 Å². The topological polar surface area (TPSA) is 349 Å². The minimum Gasteiger partial charge on any atom is -0.508 e. The summed E-state index contributed by atoms with van der Waals surface area (Å²) in [7, 11) is 8.18. The minimum absolute atomic E-state index is 0.00420. The van der Waals surface area contributed by atoms with Crippen LogP contribution in [0.5, 0.6) is 23.0 Å². The number of phenols is 1. The molecule has 0 saturated heterocycles. The maximum absolute atomic E-state index is 11.3. The van der Waals surface area contributed by atoms with Crippen LogP contribution in [0.2, 0.25) is 15.2 Å². The summed E-state index contributed by atoms with van der Waals surface area (Å²) in [5.41, 5.74) is 18.5. The number of aryl methyl sites for hydroxylation is 1. The average Bonchev–Trinajstić information content (AvgIpc) is 3.39. The number of ether oxygens (including phenoxy) is 5. The highest BCUT2D eigenvalue weighted by atomic mass is 79.9. The van der Waals surface area contributed by atoms with E-state index < -0.39 is 14.8 Å². The zero-order valence-electron chi connectivity index (χ0n) is 41.3. The molecule has 9 N–H and O–H groups in total. The number of benzene rings is 4. The summed E-state index contributed by atoms with van der Waals surface area (Å²) in [4.78, 5) is 46.2. The Bertz CT molecular complexity index is 2700. The van der Waals surface area contributed by atoms with Gasteiger partial charge in [-0.1, -0.05) is 57.7 Å². The maximum Gasteiger partial charge on any atom is 0.295 e. The molecule has 0 fully saturated rings. The zero-order valence-corrected chi connectivity index (χ0v) is 45.2. The van der Waals surface area contributed by atoms with E-state index in [1.807, 2.05) is 6.92 Å². The molecule has 2 aromatic heterocycles. The van der Waals surface area contributed by atoms with E-state index in [0.29, 0.717) is 88.1 Å². The molecule has 0 amide bonds. The Balaban J connectivity index is 0.000000471. The van der Waals surface area contributed by atoms with Gasteiger partial charge in [0.1, 0.15) is 82.1 Å². The number of nitrogens with two attached hydrogens (primary N) is 3. The fraction of sp³-hybridized carbons (Fsp3) is 0.304. The number of nitro benzene ring substituents is 3. The molecule has 6 aromatic rings. The molecule has 0 bridgehead atoms. The predicted molar refractivity (Wildman–Crippen MR) is 292 cm³/mol. The molecule has 0 aliphatic rings. The molecular formula is C46H58BrCl3N12O12. The van der Waals surface area contributed by atoms with E-state index >= 15 is 0 Å². The van der Waals surface area contributed by atoms with Gasteiger partial charge in [-0.05, 0) is 61.4 Å². The number of aromatic hydroxyl groups is 1. The summed E-state index contributed by atoms with van der Waals surface area (Å²) in [5, 5.41) is 49.0. The van der Waals surface area contributed by atoms with Gasteiger partial charge >= 0.3 is 0 Å². The molecule has 0 spiro atoms.